The van der Waals surface area contributed by atoms with Gasteiger partial charge in [-0.25, -0.2) is 0 Å². The number of hydrogen-bond acceptors (Lipinski definition) is 3. The van der Waals surface area contributed by atoms with E-state index in [1.54, 1.807) is 6.33 Å². The molecular formula is C11H20N4. The minimum Gasteiger partial charge on any atom is -0.320 e. The van der Waals surface area contributed by atoms with E-state index >= 15 is 0 Å². The van der Waals surface area contributed by atoms with Crippen LogP contribution in [0.5, 0.6) is 0 Å². The van der Waals surface area contributed by atoms with E-state index in [9.17, 15) is 0 Å². The fourth-order valence-corrected chi connectivity index (χ4v) is 2.52. The number of aryl methyl sites for hydroxylation is 1. The Morgan fingerprint density at radius 2 is 2.33 bits per heavy atom. The molecule has 1 fully saturated rings. The first-order valence-electron chi connectivity index (χ1n) is 5.67. The van der Waals surface area contributed by atoms with Crippen molar-refractivity contribution in [2.24, 2.45) is 13.0 Å². The van der Waals surface area contributed by atoms with Crippen molar-refractivity contribution in [3.8, 4) is 0 Å². The molecule has 1 aliphatic heterocycles. The maximum Gasteiger partial charge on any atom is 0.138 e. The Bertz CT molecular complexity index is 323. The highest BCUT2D eigenvalue weighted by molar-refractivity contribution is 5.07. The van der Waals surface area contributed by atoms with Crippen LogP contribution >= 0.6 is 0 Å². The molecule has 0 bridgehead atoms. The van der Waals surface area contributed by atoms with Crippen LogP contribution < -0.4 is 5.32 Å². The van der Waals surface area contributed by atoms with Gasteiger partial charge in [0.25, 0.3) is 0 Å². The van der Waals surface area contributed by atoms with Gasteiger partial charge in [0.2, 0.25) is 0 Å². The van der Waals surface area contributed by atoms with Crippen LogP contribution in [0.3, 0.4) is 0 Å². The molecule has 0 radical (unpaired) electrons. The monoisotopic (exact) mass is 208 g/mol. The summed E-state index contributed by atoms with van der Waals surface area (Å²) in [5, 5.41) is 11.7. The quantitative estimate of drug-likeness (QED) is 0.791. The van der Waals surface area contributed by atoms with E-state index in [2.05, 4.69) is 29.4 Å². The molecule has 4 nitrogen and oxygen atoms in total. The zero-order valence-electron chi connectivity index (χ0n) is 9.82. The highest BCUT2D eigenvalue weighted by Crippen LogP contribution is 2.33. The van der Waals surface area contributed by atoms with Crippen molar-refractivity contribution in [1.82, 2.24) is 20.1 Å². The largest absolute Gasteiger partial charge is 0.320 e. The molecule has 0 spiro atoms. The average Bonchev–Trinajstić information content (AvgIpc) is 2.66. The van der Waals surface area contributed by atoms with Gasteiger partial charge in [-0.3, -0.25) is 0 Å². The highest BCUT2D eigenvalue weighted by atomic mass is 15.3. The van der Waals surface area contributed by atoms with Gasteiger partial charge in [-0.2, -0.15) is 0 Å². The minimum absolute atomic E-state index is 0.110. The van der Waals surface area contributed by atoms with Crippen LogP contribution in [-0.2, 0) is 12.5 Å². The third-order valence-corrected chi connectivity index (χ3v) is 3.61. The van der Waals surface area contributed by atoms with Gasteiger partial charge in [0.1, 0.15) is 12.2 Å². The minimum atomic E-state index is 0.110. The third-order valence-electron chi connectivity index (χ3n) is 3.61. The fraction of sp³-hybridized carbons (Fsp3) is 0.818. The first-order valence-corrected chi connectivity index (χ1v) is 5.67. The van der Waals surface area contributed by atoms with Crippen LogP contribution in [0.1, 0.15) is 32.5 Å². The first kappa shape index (κ1) is 10.6. The van der Waals surface area contributed by atoms with Crippen molar-refractivity contribution in [3.63, 3.8) is 0 Å². The molecule has 84 valence electrons. The van der Waals surface area contributed by atoms with E-state index in [1.807, 2.05) is 11.6 Å². The van der Waals surface area contributed by atoms with Crippen LogP contribution in [0.25, 0.3) is 0 Å². The second-order valence-electron chi connectivity index (χ2n) is 5.03. The van der Waals surface area contributed by atoms with Crippen molar-refractivity contribution < 1.29 is 0 Å². The number of hydrogen-bond donors (Lipinski definition) is 1. The summed E-state index contributed by atoms with van der Waals surface area (Å²) in [6.07, 6.45) is 4.34. The predicted molar refractivity (Wildman–Crippen MR) is 59.6 cm³/mol. The van der Waals surface area contributed by atoms with Crippen molar-refractivity contribution in [3.05, 3.63) is 12.2 Å². The Balaban J connectivity index is 2.21. The summed E-state index contributed by atoms with van der Waals surface area (Å²) >= 11 is 0. The van der Waals surface area contributed by atoms with Gasteiger partial charge in [0.15, 0.2) is 0 Å². The van der Waals surface area contributed by atoms with E-state index in [0.29, 0.717) is 5.92 Å². The van der Waals surface area contributed by atoms with E-state index in [1.165, 1.54) is 12.8 Å². The van der Waals surface area contributed by atoms with Crippen LogP contribution in [-0.4, -0.2) is 27.9 Å². The maximum atomic E-state index is 4.25. The molecule has 1 aromatic rings. The van der Waals surface area contributed by atoms with Gasteiger partial charge >= 0.3 is 0 Å². The maximum absolute atomic E-state index is 4.25. The van der Waals surface area contributed by atoms with Gasteiger partial charge < -0.3 is 9.88 Å². The van der Waals surface area contributed by atoms with Crippen molar-refractivity contribution in [1.29, 1.82) is 0 Å². The Morgan fingerprint density at radius 3 is 2.87 bits per heavy atom. The van der Waals surface area contributed by atoms with Gasteiger partial charge in [-0.1, -0.05) is 13.8 Å². The highest BCUT2D eigenvalue weighted by Gasteiger charge is 2.35. The molecule has 0 saturated carbocycles. The molecule has 2 heterocycles. The Labute approximate surface area is 91.1 Å². The average molecular weight is 208 g/mol. The Kier molecular flexibility index (Phi) is 2.78. The third kappa shape index (κ3) is 1.91. The molecule has 1 N–H and O–H groups in total. The zero-order chi connectivity index (χ0) is 10.9. The van der Waals surface area contributed by atoms with Crippen LogP contribution in [0, 0.1) is 5.92 Å². The molecule has 4 heteroatoms. The van der Waals surface area contributed by atoms with E-state index in [-0.39, 0.29) is 5.41 Å². The lowest BCUT2D eigenvalue weighted by molar-refractivity contribution is 0.237. The summed E-state index contributed by atoms with van der Waals surface area (Å²) in [5.41, 5.74) is 0.110. The number of rotatable bonds is 2. The lowest BCUT2D eigenvalue weighted by Crippen LogP contribution is -2.42. The topological polar surface area (TPSA) is 42.7 Å². The second-order valence-corrected chi connectivity index (χ2v) is 5.03. The van der Waals surface area contributed by atoms with E-state index < -0.39 is 0 Å². The molecule has 15 heavy (non-hydrogen) atoms. The SMILES string of the molecule is Cn1cnnc1C(C)(C)C1CCCNC1. The lowest BCUT2D eigenvalue weighted by Gasteiger charge is -2.36. The van der Waals surface area contributed by atoms with Crippen LogP contribution in [0.2, 0.25) is 0 Å². The molecule has 1 unspecified atom stereocenters. The summed E-state index contributed by atoms with van der Waals surface area (Å²) in [6, 6.07) is 0. The lowest BCUT2D eigenvalue weighted by atomic mass is 9.74. The zero-order valence-corrected chi connectivity index (χ0v) is 9.82. The van der Waals surface area contributed by atoms with Crippen LogP contribution in [0.4, 0.5) is 0 Å². The fourth-order valence-electron chi connectivity index (χ4n) is 2.52. The summed E-state index contributed by atoms with van der Waals surface area (Å²) in [4.78, 5) is 0. The molecule has 0 amide bonds. The molecule has 0 aromatic carbocycles. The van der Waals surface area contributed by atoms with Gasteiger partial charge in [-0.05, 0) is 31.8 Å². The van der Waals surface area contributed by atoms with E-state index in [4.69, 9.17) is 0 Å². The van der Waals surface area contributed by atoms with Crippen molar-refractivity contribution >= 4 is 0 Å². The predicted octanol–water partition coefficient (Wildman–Crippen LogP) is 1.09. The van der Waals surface area contributed by atoms with Crippen molar-refractivity contribution in [2.75, 3.05) is 13.1 Å². The molecule has 2 rings (SSSR count). The molecule has 1 saturated heterocycles. The molecule has 1 aromatic heterocycles. The van der Waals surface area contributed by atoms with Gasteiger partial charge in [-0.15, -0.1) is 10.2 Å². The first-order chi connectivity index (χ1) is 7.12. The summed E-state index contributed by atoms with van der Waals surface area (Å²) in [7, 11) is 2.02. The number of nitrogens with zero attached hydrogens (tertiary/aromatic N) is 3. The molecular weight excluding hydrogens is 188 g/mol. The standard InChI is InChI=1S/C11H20N4/c1-11(2,9-5-4-6-12-7-9)10-14-13-8-15(10)3/h8-9,12H,4-7H2,1-3H3. The summed E-state index contributed by atoms with van der Waals surface area (Å²) < 4.78 is 2.04. The summed E-state index contributed by atoms with van der Waals surface area (Å²) in [5.74, 6) is 1.75. The number of aromatic nitrogens is 3. The molecule has 1 atom stereocenters. The molecule has 1 aliphatic rings. The van der Waals surface area contributed by atoms with Crippen LogP contribution in [0.15, 0.2) is 6.33 Å². The van der Waals surface area contributed by atoms with E-state index in [0.717, 1.165) is 18.9 Å². The Morgan fingerprint density at radius 1 is 1.53 bits per heavy atom. The normalized spacial score (nSPS) is 23.0. The smallest absolute Gasteiger partial charge is 0.138 e. The van der Waals surface area contributed by atoms with Gasteiger partial charge in [0, 0.05) is 12.5 Å². The summed E-state index contributed by atoms with van der Waals surface area (Å²) in [6.45, 7) is 6.80. The molecule has 0 aliphatic carbocycles. The number of nitrogens with one attached hydrogen (secondary N) is 1. The second kappa shape index (κ2) is 3.93. The Hall–Kier alpha value is -0.900. The van der Waals surface area contributed by atoms with Crippen molar-refractivity contribution in [2.45, 2.75) is 32.1 Å². The van der Waals surface area contributed by atoms with Gasteiger partial charge in [0.05, 0.1) is 0 Å². The number of piperidine rings is 1.